The second-order valence-electron chi connectivity index (χ2n) is 3.36. The maximum atomic E-state index is 5.35. The quantitative estimate of drug-likeness (QED) is 0.671. The minimum Gasteiger partial charge on any atom is -0.379 e. The molecule has 0 saturated carbocycles. The molecule has 0 amide bonds. The Kier molecular flexibility index (Phi) is 2.28. The third-order valence-corrected chi connectivity index (χ3v) is 2.46. The molecule has 2 rings (SSSR count). The molecule has 1 aliphatic rings. The second kappa shape index (κ2) is 3.43. The fraction of sp³-hybridized carbons (Fsp3) is 0.750. The van der Waals surface area contributed by atoms with Gasteiger partial charge in [0.05, 0.1) is 11.8 Å². The first-order chi connectivity index (χ1) is 6.31. The van der Waals surface area contributed by atoms with Crippen LogP contribution in [0.2, 0.25) is 0 Å². The maximum Gasteiger partial charge on any atom is 0.0897 e. The van der Waals surface area contributed by atoms with E-state index in [0.717, 1.165) is 18.8 Å². The van der Waals surface area contributed by atoms with Gasteiger partial charge in [-0.1, -0.05) is 5.21 Å². The summed E-state index contributed by atoms with van der Waals surface area (Å²) in [6.07, 6.45) is 2.18. The highest BCUT2D eigenvalue weighted by molar-refractivity contribution is 5.09. The summed E-state index contributed by atoms with van der Waals surface area (Å²) in [5.74, 6) is 0.346. The predicted molar refractivity (Wildman–Crippen MR) is 47.4 cm³/mol. The van der Waals surface area contributed by atoms with Gasteiger partial charge in [0.15, 0.2) is 0 Å². The van der Waals surface area contributed by atoms with Crippen molar-refractivity contribution >= 4 is 0 Å². The van der Waals surface area contributed by atoms with E-state index in [4.69, 9.17) is 4.74 Å². The van der Waals surface area contributed by atoms with Gasteiger partial charge >= 0.3 is 0 Å². The van der Waals surface area contributed by atoms with Gasteiger partial charge in [-0.05, 0) is 0 Å². The van der Waals surface area contributed by atoms with Crippen molar-refractivity contribution < 1.29 is 4.74 Å². The van der Waals surface area contributed by atoms with Gasteiger partial charge in [-0.3, -0.25) is 4.68 Å². The molecule has 0 aromatic carbocycles. The number of aryl methyl sites for hydroxylation is 1. The van der Waals surface area contributed by atoms with Gasteiger partial charge in [0, 0.05) is 39.4 Å². The summed E-state index contributed by atoms with van der Waals surface area (Å²) in [5.41, 5.74) is 1.01. The maximum absolute atomic E-state index is 5.35. The van der Waals surface area contributed by atoms with Gasteiger partial charge in [-0.25, -0.2) is 0 Å². The summed E-state index contributed by atoms with van der Waals surface area (Å²) >= 11 is 0. The number of ether oxygens (including phenoxy) is 1. The van der Waals surface area contributed by atoms with Crippen molar-refractivity contribution in [3.05, 3.63) is 11.9 Å². The van der Waals surface area contributed by atoms with E-state index in [1.54, 1.807) is 11.8 Å². The first kappa shape index (κ1) is 8.65. The lowest BCUT2D eigenvalue weighted by Crippen LogP contribution is -2.19. The molecule has 13 heavy (non-hydrogen) atoms. The highest BCUT2D eigenvalue weighted by Gasteiger charge is 2.30. The van der Waals surface area contributed by atoms with Crippen LogP contribution in [0.25, 0.3) is 0 Å². The van der Waals surface area contributed by atoms with E-state index in [-0.39, 0.29) is 6.10 Å². The van der Waals surface area contributed by atoms with Crippen LogP contribution in [0.15, 0.2) is 6.20 Å². The summed E-state index contributed by atoms with van der Waals surface area (Å²) < 4.78 is 7.07. The smallest absolute Gasteiger partial charge is 0.0897 e. The zero-order valence-corrected chi connectivity index (χ0v) is 7.90. The van der Waals surface area contributed by atoms with Crippen molar-refractivity contribution in [1.82, 2.24) is 20.3 Å². The molecule has 0 unspecified atom stereocenters. The van der Waals surface area contributed by atoms with Crippen molar-refractivity contribution in [2.24, 2.45) is 7.05 Å². The Labute approximate surface area is 77.1 Å². The standard InChI is InChI=1S/C8H14N4O/c1-12-5-7(10-11-12)6-3-9-4-8(6)13-2/h5-6,8-9H,3-4H2,1-2H3/t6-,8+/m0/s1. The van der Waals surface area contributed by atoms with E-state index in [1.165, 1.54) is 0 Å². The lowest BCUT2D eigenvalue weighted by molar-refractivity contribution is 0.104. The predicted octanol–water partition coefficient (Wildman–Crippen LogP) is -0.483. The molecule has 0 aliphatic carbocycles. The molecule has 1 saturated heterocycles. The Morgan fingerprint density at radius 1 is 1.62 bits per heavy atom. The lowest BCUT2D eigenvalue weighted by atomic mass is 10.0. The SMILES string of the molecule is CO[C@@H]1CNC[C@H]1c1cn(C)nn1. The van der Waals surface area contributed by atoms with Crippen LogP contribution in [0.4, 0.5) is 0 Å². The van der Waals surface area contributed by atoms with Crippen LogP contribution in [0.5, 0.6) is 0 Å². The molecule has 1 aromatic heterocycles. The van der Waals surface area contributed by atoms with Crippen molar-refractivity contribution in [3.8, 4) is 0 Å². The number of rotatable bonds is 2. The highest BCUT2D eigenvalue weighted by atomic mass is 16.5. The van der Waals surface area contributed by atoms with Gasteiger partial charge in [0.1, 0.15) is 0 Å². The van der Waals surface area contributed by atoms with E-state index in [2.05, 4.69) is 15.6 Å². The number of aromatic nitrogens is 3. The fourth-order valence-electron chi connectivity index (χ4n) is 1.73. The highest BCUT2D eigenvalue weighted by Crippen LogP contribution is 2.22. The van der Waals surface area contributed by atoms with E-state index in [1.807, 2.05) is 13.2 Å². The Bertz CT molecular complexity index is 285. The molecule has 1 aliphatic heterocycles. The van der Waals surface area contributed by atoms with Gasteiger partial charge in [-0.2, -0.15) is 0 Å². The molecule has 0 bridgehead atoms. The summed E-state index contributed by atoms with van der Waals surface area (Å²) in [7, 11) is 3.61. The van der Waals surface area contributed by atoms with Crippen LogP contribution in [0, 0.1) is 0 Å². The van der Waals surface area contributed by atoms with Crippen molar-refractivity contribution in [2.75, 3.05) is 20.2 Å². The third kappa shape index (κ3) is 1.57. The van der Waals surface area contributed by atoms with Crippen molar-refractivity contribution in [2.45, 2.75) is 12.0 Å². The molecule has 72 valence electrons. The van der Waals surface area contributed by atoms with Crippen LogP contribution in [0.3, 0.4) is 0 Å². The molecule has 2 atom stereocenters. The van der Waals surface area contributed by atoms with Crippen molar-refractivity contribution in [3.63, 3.8) is 0 Å². The Morgan fingerprint density at radius 2 is 2.46 bits per heavy atom. The Morgan fingerprint density at radius 3 is 3.08 bits per heavy atom. The number of nitrogens with zero attached hydrogens (tertiary/aromatic N) is 3. The number of hydrogen-bond donors (Lipinski definition) is 1. The molecule has 1 aromatic rings. The largest absolute Gasteiger partial charge is 0.379 e. The molecule has 5 heteroatoms. The molecular formula is C8H14N4O. The van der Waals surface area contributed by atoms with E-state index >= 15 is 0 Å². The average Bonchev–Trinajstić information content (AvgIpc) is 2.71. The average molecular weight is 182 g/mol. The summed E-state index contributed by atoms with van der Waals surface area (Å²) in [4.78, 5) is 0. The fourth-order valence-corrected chi connectivity index (χ4v) is 1.73. The van der Waals surface area contributed by atoms with Gasteiger partial charge in [0.2, 0.25) is 0 Å². The lowest BCUT2D eigenvalue weighted by Gasteiger charge is -2.13. The zero-order valence-electron chi connectivity index (χ0n) is 7.90. The van der Waals surface area contributed by atoms with Crippen LogP contribution in [-0.2, 0) is 11.8 Å². The van der Waals surface area contributed by atoms with Crippen LogP contribution >= 0.6 is 0 Å². The first-order valence-corrected chi connectivity index (χ1v) is 4.41. The zero-order chi connectivity index (χ0) is 9.26. The van der Waals surface area contributed by atoms with Crippen LogP contribution in [0.1, 0.15) is 11.6 Å². The second-order valence-corrected chi connectivity index (χ2v) is 3.36. The summed E-state index contributed by atoms with van der Waals surface area (Å²) in [6, 6.07) is 0. The normalized spacial score (nSPS) is 28.2. The summed E-state index contributed by atoms with van der Waals surface area (Å²) in [6.45, 7) is 1.83. The topological polar surface area (TPSA) is 52.0 Å². The first-order valence-electron chi connectivity index (χ1n) is 4.41. The van der Waals surface area contributed by atoms with Crippen LogP contribution < -0.4 is 5.32 Å². The van der Waals surface area contributed by atoms with Crippen molar-refractivity contribution in [1.29, 1.82) is 0 Å². The van der Waals surface area contributed by atoms with Gasteiger partial charge in [0.25, 0.3) is 0 Å². The van der Waals surface area contributed by atoms with E-state index < -0.39 is 0 Å². The third-order valence-electron chi connectivity index (χ3n) is 2.46. The number of methoxy groups -OCH3 is 1. The van der Waals surface area contributed by atoms with E-state index in [9.17, 15) is 0 Å². The number of nitrogens with one attached hydrogen (secondary N) is 1. The van der Waals surface area contributed by atoms with E-state index in [0.29, 0.717) is 5.92 Å². The Hall–Kier alpha value is -0.940. The van der Waals surface area contributed by atoms with Gasteiger partial charge < -0.3 is 10.1 Å². The monoisotopic (exact) mass is 182 g/mol. The minimum atomic E-state index is 0.233. The molecule has 1 fully saturated rings. The minimum absolute atomic E-state index is 0.233. The Balaban J connectivity index is 2.15. The molecule has 0 radical (unpaired) electrons. The van der Waals surface area contributed by atoms with Gasteiger partial charge in [-0.15, -0.1) is 5.10 Å². The summed E-state index contributed by atoms with van der Waals surface area (Å²) in [5, 5.41) is 11.3. The van der Waals surface area contributed by atoms with Crippen LogP contribution in [-0.4, -0.2) is 41.3 Å². The molecule has 2 heterocycles. The molecule has 1 N–H and O–H groups in total. The number of hydrogen-bond acceptors (Lipinski definition) is 4. The molecule has 0 spiro atoms. The molecule has 5 nitrogen and oxygen atoms in total. The molecular weight excluding hydrogens is 168 g/mol.